The van der Waals surface area contributed by atoms with Crippen LogP contribution in [0.15, 0.2) is 58.6 Å². The van der Waals surface area contributed by atoms with Crippen molar-refractivity contribution in [3.05, 3.63) is 58.6 Å². The Kier molecular flexibility index (Phi) is 2.93. The third kappa shape index (κ3) is 2.19. The fourth-order valence-electron chi connectivity index (χ4n) is 1.81. The summed E-state index contributed by atoms with van der Waals surface area (Å²) in [6.07, 6.45) is 4.02. The van der Waals surface area contributed by atoms with Crippen molar-refractivity contribution in [2.45, 2.75) is 12.8 Å². The number of allylic oxidation sites excluding steroid dienone is 4. The molecule has 0 aromatic rings. The molecule has 2 aliphatic rings. The number of aliphatic hydroxyl groups is 2. The van der Waals surface area contributed by atoms with E-state index in [0.717, 1.165) is 5.57 Å². The quantitative estimate of drug-likeness (QED) is 0.626. The van der Waals surface area contributed by atoms with Crippen LogP contribution in [0.3, 0.4) is 0 Å². The van der Waals surface area contributed by atoms with Crippen molar-refractivity contribution in [3.63, 3.8) is 0 Å². The highest BCUT2D eigenvalue weighted by Crippen LogP contribution is 2.35. The van der Waals surface area contributed by atoms with Gasteiger partial charge in [-0.2, -0.15) is 0 Å². The number of hydrogen-bond donors (Lipinski definition) is 3. The Balaban J connectivity index is 2.47. The molecule has 17 heavy (non-hydrogen) atoms. The van der Waals surface area contributed by atoms with Crippen molar-refractivity contribution < 1.29 is 14.4 Å². The fourth-order valence-corrected chi connectivity index (χ4v) is 3.00. The van der Waals surface area contributed by atoms with Gasteiger partial charge in [0, 0.05) is 12.5 Å². The first-order valence-corrected chi connectivity index (χ1v) is 6.24. The molecule has 1 aliphatic heterocycles. The van der Waals surface area contributed by atoms with Gasteiger partial charge in [0.2, 0.25) is 0 Å². The molecule has 0 aromatic heterocycles. The lowest BCUT2D eigenvalue weighted by molar-refractivity contribution is 0.385. The minimum absolute atomic E-state index is 0.121. The Hall–Kier alpha value is -1.75. The lowest BCUT2D eigenvalue weighted by Gasteiger charge is -2.26. The average molecular weight is 251 g/mol. The molecule has 1 atom stereocenters. The Morgan fingerprint density at radius 1 is 1.53 bits per heavy atom. The Morgan fingerprint density at radius 2 is 2.24 bits per heavy atom. The van der Waals surface area contributed by atoms with Crippen molar-refractivity contribution in [1.82, 2.24) is 4.72 Å². The number of rotatable bonds is 1. The van der Waals surface area contributed by atoms with Gasteiger partial charge in [-0.1, -0.05) is 13.2 Å². The van der Waals surface area contributed by atoms with Crippen molar-refractivity contribution >= 4 is 11.0 Å². The van der Waals surface area contributed by atoms with Crippen LogP contribution in [0.4, 0.5) is 0 Å². The summed E-state index contributed by atoms with van der Waals surface area (Å²) in [7, 11) is -1.43. The van der Waals surface area contributed by atoms with E-state index in [-0.39, 0.29) is 11.5 Å². The lowest BCUT2D eigenvalue weighted by Crippen LogP contribution is -2.27. The largest absolute Gasteiger partial charge is 0.512 e. The number of nitrogens with one attached hydrogen (secondary N) is 1. The molecule has 0 aromatic carbocycles. The zero-order valence-electron chi connectivity index (χ0n) is 9.19. The van der Waals surface area contributed by atoms with E-state index >= 15 is 0 Å². The maximum atomic E-state index is 11.9. The monoisotopic (exact) mass is 251 g/mol. The van der Waals surface area contributed by atoms with Crippen molar-refractivity contribution in [2.75, 3.05) is 0 Å². The van der Waals surface area contributed by atoms with E-state index in [9.17, 15) is 9.32 Å². The second kappa shape index (κ2) is 4.25. The van der Waals surface area contributed by atoms with Crippen molar-refractivity contribution in [2.24, 2.45) is 0 Å². The lowest BCUT2D eigenvalue weighted by atomic mass is 9.95. The molecule has 1 aliphatic carbocycles. The molecular weight excluding hydrogens is 238 g/mol. The zero-order valence-corrected chi connectivity index (χ0v) is 10.0. The fraction of sp³-hybridized carbons (Fsp3) is 0.167. The van der Waals surface area contributed by atoms with E-state index in [1.165, 1.54) is 12.2 Å². The highest BCUT2D eigenvalue weighted by Gasteiger charge is 2.27. The average Bonchev–Trinajstić information content (AvgIpc) is 2.25. The first kappa shape index (κ1) is 11.7. The highest BCUT2D eigenvalue weighted by molar-refractivity contribution is 7.87. The summed E-state index contributed by atoms with van der Waals surface area (Å²) >= 11 is 0. The van der Waals surface area contributed by atoms with E-state index < -0.39 is 11.0 Å². The summed E-state index contributed by atoms with van der Waals surface area (Å²) in [5.41, 5.74) is 2.04. The van der Waals surface area contributed by atoms with E-state index in [2.05, 4.69) is 17.9 Å². The summed E-state index contributed by atoms with van der Waals surface area (Å²) in [6.45, 7) is 7.26. The molecule has 3 N–H and O–H groups in total. The van der Waals surface area contributed by atoms with Gasteiger partial charge in [-0.25, -0.2) is 4.21 Å². The minimum Gasteiger partial charge on any atom is -0.512 e. The van der Waals surface area contributed by atoms with Crippen LogP contribution >= 0.6 is 0 Å². The second-order valence-electron chi connectivity index (χ2n) is 3.88. The Morgan fingerprint density at radius 3 is 2.88 bits per heavy atom. The molecule has 4 nitrogen and oxygen atoms in total. The van der Waals surface area contributed by atoms with Gasteiger partial charge >= 0.3 is 0 Å². The van der Waals surface area contributed by atoms with Gasteiger partial charge < -0.3 is 14.9 Å². The summed E-state index contributed by atoms with van der Waals surface area (Å²) in [6, 6.07) is 0. The highest BCUT2D eigenvalue weighted by atomic mass is 32.2. The summed E-state index contributed by atoms with van der Waals surface area (Å²) < 4.78 is 14.6. The molecule has 0 saturated heterocycles. The van der Waals surface area contributed by atoms with Crippen LogP contribution in [-0.4, -0.2) is 14.4 Å². The maximum Gasteiger partial charge on any atom is 0.150 e. The van der Waals surface area contributed by atoms with Gasteiger partial charge in [-0.05, 0) is 23.6 Å². The third-order valence-electron chi connectivity index (χ3n) is 2.63. The van der Waals surface area contributed by atoms with Crippen LogP contribution in [-0.2, 0) is 11.0 Å². The molecular formula is C12H13NO3S. The van der Waals surface area contributed by atoms with E-state index in [1.54, 1.807) is 0 Å². The number of hydrogen-bond acceptors (Lipinski definition) is 3. The van der Waals surface area contributed by atoms with E-state index in [1.807, 2.05) is 0 Å². The molecule has 0 amide bonds. The summed E-state index contributed by atoms with van der Waals surface area (Å²) in [5.74, 6) is 0.106. The van der Waals surface area contributed by atoms with Gasteiger partial charge in [0.25, 0.3) is 0 Å². The number of aliphatic hydroxyl groups excluding tert-OH is 2. The first-order valence-electron chi connectivity index (χ1n) is 5.09. The van der Waals surface area contributed by atoms with Crippen molar-refractivity contribution in [3.8, 4) is 0 Å². The van der Waals surface area contributed by atoms with E-state index in [0.29, 0.717) is 29.0 Å². The van der Waals surface area contributed by atoms with Crippen molar-refractivity contribution in [1.29, 1.82) is 0 Å². The van der Waals surface area contributed by atoms with Gasteiger partial charge in [0.15, 0.2) is 11.0 Å². The van der Waals surface area contributed by atoms with Gasteiger partial charge in [0.1, 0.15) is 5.76 Å². The molecule has 0 fully saturated rings. The van der Waals surface area contributed by atoms with Crippen LogP contribution in [0.2, 0.25) is 0 Å². The predicted molar refractivity (Wildman–Crippen MR) is 67.2 cm³/mol. The SMILES string of the molecule is C=C(O)/C=C1/NS(=O)C2=C(CCC(O)=C2)C1=C. The first-order chi connectivity index (χ1) is 7.99. The van der Waals surface area contributed by atoms with Crippen LogP contribution < -0.4 is 4.72 Å². The summed E-state index contributed by atoms with van der Waals surface area (Å²) in [4.78, 5) is 0.555. The molecule has 1 heterocycles. The Bertz CT molecular complexity index is 526. The molecule has 90 valence electrons. The third-order valence-corrected chi connectivity index (χ3v) is 3.80. The summed E-state index contributed by atoms with van der Waals surface area (Å²) in [5, 5.41) is 18.6. The molecule has 0 spiro atoms. The maximum absolute atomic E-state index is 11.9. The van der Waals surface area contributed by atoms with Gasteiger partial charge in [-0.15, -0.1) is 0 Å². The molecule has 0 saturated carbocycles. The Labute approximate surface area is 102 Å². The smallest absolute Gasteiger partial charge is 0.150 e. The van der Waals surface area contributed by atoms with Crippen LogP contribution in [0.25, 0.3) is 0 Å². The minimum atomic E-state index is -1.43. The molecule has 0 radical (unpaired) electrons. The predicted octanol–water partition coefficient (Wildman–Crippen LogP) is 2.25. The van der Waals surface area contributed by atoms with E-state index in [4.69, 9.17) is 5.11 Å². The van der Waals surface area contributed by atoms with Crippen LogP contribution in [0, 0.1) is 0 Å². The van der Waals surface area contributed by atoms with Crippen LogP contribution in [0.5, 0.6) is 0 Å². The normalized spacial score (nSPS) is 26.4. The molecule has 1 unspecified atom stereocenters. The molecule has 2 rings (SSSR count). The van der Waals surface area contributed by atoms with Gasteiger partial charge in [0.05, 0.1) is 16.4 Å². The zero-order chi connectivity index (χ0) is 12.6. The molecule has 0 bridgehead atoms. The van der Waals surface area contributed by atoms with Gasteiger partial charge in [-0.3, -0.25) is 0 Å². The topological polar surface area (TPSA) is 69.6 Å². The standard InChI is InChI=1S/C12H13NO3S/c1-7(14)5-11-8(2)10-4-3-9(15)6-12(10)17(16)13-11/h5-6,13-15H,1-4H2/b11-5+. The second-order valence-corrected chi connectivity index (χ2v) is 5.06. The molecule has 5 heteroatoms. The van der Waals surface area contributed by atoms with Crippen LogP contribution in [0.1, 0.15) is 12.8 Å².